The lowest BCUT2D eigenvalue weighted by molar-refractivity contribution is -0.148. The third kappa shape index (κ3) is 3.27. The highest BCUT2D eigenvalue weighted by atomic mass is 19.1. The van der Waals surface area contributed by atoms with E-state index in [2.05, 4.69) is 0 Å². The molecule has 1 aromatic carbocycles. The average Bonchev–Trinajstić information content (AvgIpc) is 2.28. The minimum atomic E-state index is -0.984. The predicted octanol–water partition coefficient (Wildman–Crippen LogP) is 2.20. The molecular weight excluding hydrogens is 221 g/mol. The SMILES string of the molecule is CCCC(CN)(Cc1cccc(F)c1)C(=O)O. The second-order valence-electron chi connectivity index (χ2n) is 4.35. The van der Waals surface area contributed by atoms with Gasteiger partial charge in [0.05, 0.1) is 5.41 Å². The topological polar surface area (TPSA) is 63.3 Å². The van der Waals surface area contributed by atoms with Gasteiger partial charge in [0.15, 0.2) is 0 Å². The molecule has 0 aliphatic carbocycles. The summed E-state index contributed by atoms with van der Waals surface area (Å²) in [6.45, 7) is 1.98. The zero-order chi connectivity index (χ0) is 12.9. The number of hydrogen-bond acceptors (Lipinski definition) is 2. The zero-order valence-corrected chi connectivity index (χ0v) is 9.95. The Kier molecular flexibility index (Phi) is 4.63. The summed E-state index contributed by atoms with van der Waals surface area (Å²) in [7, 11) is 0. The normalized spacial score (nSPS) is 14.3. The Labute approximate surface area is 100 Å². The molecule has 0 aromatic heterocycles. The van der Waals surface area contributed by atoms with Crippen LogP contribution in [0.3, 0.4) is 0 Å². The first-order valence-corrected chi connectivity index (χ1v) is 5.72. The molecule has 0 spiro atoms. The summed E-state index contributed by atoms with van der Waals surface area (Å²) in [5.74, 6) is -1.26. The lowest BCUT2D eigenvalue weighted by atomic mass is 9.78. The van der Waals surface area contributed by atoms with E-state index in [0.29, 0.717) is 12.0 Å². The van der Waals surface area contributed by atoms with Crippen LogP contribution in [0.25, 0.3) is 0 Å². The number of nitrogens with two attached hydrogens (primary N) is 1. The van der Waals surface area contributed by atoms with Crippen LogP contribution in [0.15, 0.2) is 24.3 Å². The molecule has 0 aliphatic rings. The van der Waals surface area contributed by atoms with E-state index in [1.807, 2.05) is 6.92 Å². The highest BCUT2D eigenvalue weighted by Gasteiger charge is 2.36. The number of carbonyl (C=O) groups is 1. The molecule has 17 heavy (non-hydrogen) atoms. The minimum Gasteiger partial charge on any atom is -0.481 e. The highest BCUT2D eigenvalue weighted by molar-refractivity contribution is 5.75. The Hall–Kier alpha value is -1.42. The molecule has 0 heterocycles. The van der Waals surface area contributed by atoms with Crippen molar-refractivity contribution in [3.8, 4) is 0 Å². The molecule has 4 heteroatoms. The van der Waals surface area contributed by atoms with E-state index < -0.39 is 11.4 Å². The molecule has 0 saturated carbocycles. The van der Waals surface area contributed by atoms with E-state index in [9.17, 15) is 14.3 Å². The summed E-state index contributed by atoms with van der Waals surface area (Å²) in [6.07, 6.45) is 1.50. The van der Waals surface area contributed by atoms with Crippen molar-refractivity contribution in [2.24, 2.45) is 11.1 Å². The number of carboxylic acids is 1. The van der Waals surface area contributed by atoms with Crippen LogP contribution in [-0.2, 0) is 11.2 Å². The molecule has 0 bridgehead atoms. The second-order valence-corrected chi connectivity index (χ2v) is 4.35. The van der Waals surface area contributed by atoms with E-state index in [1.54, 1.807) is 12.1 Å². The molecule has 0 saturated heterocycles. The maximum atomic E-state index is 13.1. The van der Waals surface area contributed by atoms with E-state index in [0.717, 1.165) is 6.42 Å². The van der Waals surface area contributed by atoms with Gasteiger partial charge in [-0.15, -0.1) is 0 Å². The van der Waals surface area contributed by atoms with E-state index in [1.165, 1.54) is 12.1 Å². The summed E-state index contributed by atoms with van der Waals surface area (Å²) in [5.41, 5.74) is 5.29. The van der Waals surface area contributed by atoms with Crippen molar-refractivity contribution in [1.82, 2.24) is 0 Å². The van der Waals surface area contributed by atoms with Gasteiger partial charge in [0.2, 0.25) is 0 Å². The van der Waals surface area contributed by atoms with Crippen LogP contribution in [-0.4, -0.2) is 17.6 Å². The molecule has 0 fully saturated rings. The maximum Gasteiger partial charge on any atom is 0.311 e. The number of rotatable bonds is 6. The molecule has 0 aliphatic heterocycles. The summed E-state index contributed by atoms with van der Waals surface area (Å²) < 4.78 is 13.1. The average molecular weight is 239 g/mol. The van der Waals surface area contributed by atoms with Gasteiger partial charge in [-0.1, -0.05) is 25.5 Å². The molecule has 94 valence electrons. The van der Waals surface area contributed by atoms with Crippen molar-refractivity contribution < 1.29 is 14.3 Å². The van der Waals surface area contributed by atoms with Crippen molar-refractivity contribution in [3.05, 3.63) is 35.6 Å². The van der Waals surface area contributed by atoms with E-state index in [4.69, 9.17) is 5.73 Å². The van der Waals surface area contributed by atoms with Crippen molar-refractivity contribution >= 4 is 5.97 Å². The number of carboxylic acid groups (broad SMARTS) is 1. The van der Waals surface area contributed by atoms with Crippen molar-refractivity contribution in [1.29, 1.82) is 0 Å². The summed E-state index contributed by atoms with van der Waals surface area (Å²) in [6, 6.07) is 6.02. The first-order chi connectivity index (χ1) is 8.04. The van der Waals surface area contributed by atoms with Gasteiger partial charge in [-0.2, -0.15) is 0 Å². The molecular formula is C13H18FNO2. The van der Waals surface area contributed by atoms with Gasteiger partial charge in [-0.25, -0.2) is 4.39 Å². The van der Waals surface area contributed by atoms with Gasteiger partial charge in [0.25, 0.3) is 0 Å². The van der Waals surface area contributed by atoms with Gasteiger partial charge >= 0.3 is 5.97 Å². The van der Waals surface area contributed by atoms with Crippen molar-refractivity contribution in [3.63, 3.8) is 0 Å². The van der Waals surface area contributed by atoms with Gasteiger partial charge in [0, 0.05) is 6.54 Å². The smallest absolute Gasteiger partial charge is 0.311 e. The lowest BCUT2D eigenvalue weighted by Gasteiger charge is -2.27. The van der Waals surface area contributed by atoms with Crippen LogP contribution < -0.4 is 5.73 Å². The molecule has 0 radical (unpaired) electrons. The van der Waals surface area contributed by atoms with Gasteiger partial charge in [-0.05, 0) is 30.5 Å². The highest BCUT2D eigenvalue weighted by Crippen LogP contribution is 2.28. The molecule has 3 nitrogen and oxygen atoms in total. The zero-order valence-electron chi connectivity index (χ0n) is 9.95. The summed E-state index contributed by atoms with van der Waals surface area (Å²) in [5, 5.41) is 9.31. The number of aliphatic carboxylic acids is 1. The third-order valence-corrected chi connectivity index (χ3v) is 3.00. The monoisotopic (exact) mass is 239 g/mol. The second kappa shape index (κ2) is 5.77. The van der Waals surface area contributed by atoms with Crippen LogP contribution in [0.1, 0.15) is 25.3 Å². The quantitative estimate of drug-likeness (QED) is 0.800. The Morgan fingerprint density at radius 1 is 1.53 bits per heavy atom. The Morgan fingerprint density at radius 3 is 2.71 bits per heavy atom. The van der Waals surface area contributed by atoms with Gasteiger partial charge in [0.1, 0.15) is 5.82 Å². The fourth-order valence-electron chi connectivity index (χ4n) is 2.05. The fraction of sp³-hybridized carbons (Fsp3) is 0.462. The molecule has 0 amide bonds. The van der Waals surface area contributed by atoms with Gasteiger partial charge in [-0.3, -0.25) is 4.79 Å². The molecule has 1 rings (SSSR count). The number of hydrogen-bond donors (Lipinski definition) is 2. The number of benzene rings is 1. The molecule has 1 unspecified atom stereocenters. The van der Waals surface area contributed by atoms with Crippen LogP contribution in [0.5, 0.6) is 0 Å². The molecule has 3 N–H and O–H groups in total. The van der Waals surface area contributed by atoms with Crippen LogP contribution in [0.2, 0.25) is 0 Å². The summed E-state index contributed by atoms with van der Waals surface area (Å²) >= 11 is 0. The van der Waals surface area contributed by atoms with E-state index >= 15 is 0 Å². The largest absolute Gasteiger partial charge is 0.481 e. The third-order valence-electron chi connectivity index (χ3n) is 3.00. The summed E-state index contributed by atoms with van der Waals surface area (Å²) in [4.78, 5) is 11.4. The van der Waals surface area contributed by atoms with Crippen LogP contribution in [0.4, 0.5) is 4.39 Å². The van der Waals surface area contributed by atoms with Crippen molar-refractivity contribution in [2.45, 2.75) is 26.2 Å². The lowest BCUT2D eigenvalue weighted by Crippen LogP contribution is -2.40. The predicted molar refractivity (Wildman–Crippen MR) is 64.1 cm³/mol. The van der Waals surface area contributed by atoms with Gasteiger partial charge < -0.3 is 10.8 Å². The Bertz CT molecular complexity index is 395. The van der Waals surface area contributed by atoms with Crippen molar-refractivity contribution in [2.75, 3.05) is 6.54 Å². The van der Waals surface area contributed by atoms with Crippen LogP contribution in [0, 0.1) is 11.2 Å². The fourth-order valence-corrected chi connectivity index (χ4v) is 2.05. The number of halogens is 1. The first-order valence-electron chi connectivity index (χ1n) is 5.72. The molecule has 1 aromatic rings. The van der Waals surface area contributed by atoms with Crippen LogP contribution >= 0.6 is 0 Å². The minimum absolute atomic E-state index is 0.0622. The Morgan fingerprint density at radius 2 is 2.24 bits per heavy atom. The maximum absolute atomic E-state index is 13.1. The Balaban J connectivity index is 2.96. The standard InChI is InChI=1S/C13H18FNO2/c1-2-6-13(9-15,12(16)17)8-10-4-3-5-11(14)7-10/h3-5,7H,2,6,8-9,15H2,1H3,(H,16,17). The molecule has 1 atom stereocenters. The van der Waals surface area contributed by atoms with E-state index in [-0.39, 0.29) is 18.8 Å². The first kappa shape index (κ1) is 13.6.